The molecular weight excluding hydrogens is 212 g/mol. The highest BCUT2D eigenvalue weighted by atomic mass is 35.5. The number of anilines is 1. The Morgan fingerprint density at radius 3 is 2.47 bits per heavy atom. The number of rotatable bonds is 1. The summed E-state index contributed by atoms with van der Waals surface area (Å²) in [6, 6.07) is 0.956. The van der Waals surface area contributed by atoms with Crippen molar-refractivity contribution in [2.75, 3.05) is 18.0 Å². The minimum atomic E-state index is 0.440. The molecule has 0 amide bonds. The van der Waals surface area contributed by atoms with Gasteiger partial charge < -0.3 is 10.2 Å². The first kappa shape index (κ1) is 10.6. The predicted octanol–water partition coefficient (Wildman–Crippen LogP) is 1.32. The smallest absolute Gasteiger partial charge is 0.147 e. The van der Waals surface area contributed by atoms with Gasteiger partial charge in [0.1, 0.15) is 11.0 Å². The second-order valence-electron chi connectivity index (χ2n) is 4.07. The second kappa shape index (κ2) is 4.33. The lowest BCUT2D eigenvalue weighted by Crippen LogP contribution is -2.54. The lowest BCUT2D eigenvalue weighted by atomic mass is 10.1. The molecule has 0 radical (unpaired) electrons. The summed E-state index contributed by atoms with van der Waals surface area (Å²) >= 11 is 5.70. The summed E-state index contributed by atoms with van der Waals surface area (Å²) in [4.78, 5) is 10.6. The standard InChI is InChI=1S/C10H15ClN4/c1-7-5-15(6-8(2)14-7)10-4-12-9(11)3-13-10/h3-4,7-8,14H,5-6H2,1-2H3/t7-,8+. The SMILES string of the molecule is C[C@@H]1CN(c2cnc(Cl)cn2)C[C@H](C)N1. The molecule has 0 bridgehead atoms. The molecule has 1 saturated heterocycles. The molecule has 1 aromatic rings. The highest BCUT2D eigenvalue weighted by Gasteiger charge is 2.21. The highest BCUT2D eigenvalue weighted by Crippen LogP contribution is 2.14. The largest absolute Gasteiger partial charge is 0.352 e. The van der Waals surface area contributed by atoms with Crippen LogP contribution in [0.3, 0.4) is 0 Å². The minimum Gasteiger partial charge on any atom is -0.352 e. The molecule has 0 saturated carbocycles. The molecule has 1 aromatic heterocycles. The summed E-state index contributed by atoms with van der Waals surface area (Å²) in [6.07, 6.45) is 3.32. The maximum absolute atomic E-state index is 5.70. The van der Waals surface area contributed by atoms with Crippen LogP contribution in [0.15, 0.2) is 12.4 Å². The van der Waals surface area contributed by atoms with E-state index in [0.717, 1.165) is 18.9 Å². The van der Waals surface area contributed by atoms with Gasteiger partial charge in [-0.05, 0) is 13.8 Å². The van der Waals surface area contributed by atoms with E-state index in [9.17, 15) is 0 Å². The minimum absolute atomic E-state index is 0.440. The monoisotopic (exact) mass is 226 g/mol. The van der Waals surface area contributed by atoms with Gasteiger partial charge in [0, 0.05) is 25.2 Å². The normalized spacial score (nSPS) is 26.7. The third-order valence-corrected chi connectivity index (χ3v) is 2.68. The average Bonchev–Trinajstić information content (AvgIpc) is 2.17. The Labute approximate surface area is 94.7 Å². The fourth-order valence-corrected chi connectivity index (χ4v) is 2.08. The maximum Gasteiger partial charge on any atom is 0.147 e. The van der Waals surface area contributed by atoms with Gasteiger partial charge in [0.15, 0.2) is 0 Å². The van der Waals surface area contributed by atoms with E-state index in [4.69, 9.17) is 11.6 Å². The Kier molecular flexibility index (Phi) is 3.07. The molecule has 2 atom stereocenters. The van der Waals surface area contributed by atoms with Crippen LogP contribution < -0.4 is 10.2 Å². The van der Waals surface area contributed by atoms with Gasteiger partial charge >= 0.3 is 0 Å². The van der Waals surface area contributed by atoms with Crippen molar-refractivity contribution in [1.29, 1.82) is 0 Å². The van der Waals surface area contributed by atoms with Gasteiger partial charge in [0.2, 0.25) is 0 Å². The fraction of sp³-hybridized carbons (Fsp3) is 0.600. The fourth-order valence-electron chi connectivity index (χ4n) is 1.98. The molecule has 15 heavy (non-hydrogen) atoms. The second-order valence-corrected chi connectivity index (χ2v) is 4.46. The van der Waals surface area contributed by atoms with E-state index >= 15 is 0 Å². The van der Waals surface area contributed by atoms with Crippen LogP contribution in [-0.4, -0.2) is 35.1 Å². The zero-order chi connectivity index (χ0) is 10.8. The van der Waals surface area contributed by atoms with Crippen molar-refractivity contribution < 1.29 is 0 Å². The van der Waals surface area contributed by atoms with E-state index in [-0.39, 0.29) is 0 Å². The van der Waals surface area contributed by atoms with E-state index in [2.05, 4.69) is 34.0 Å². The molecule has 0 spiro atoms. The van der Waals surface area contributed by atoms with Crippen LogP contribution >= 0.6 is 11.6 Å². The molecule has 0 aliphatic carbocycles. The van der Waals surface area contributed by atoms with Crippen molar-refractivity contribution in [2.45, 2.75) is 25.9 Å². The first-order valence-corrected chi connectivity index (χ1v) is 5.51. The number of nitrogens with one attached hydrogen (secondary N) is 1. The lowest BCUT2D eigenvalue weighted by Gasteiger charge is -2.36. The topological polar surface area (TPSA) is 41.1 Å². The molecule has 2 rings (SSSR count). The first-order chi connectivity index (χ1) is 7.15. The molecule has 1 aliphatic rings. The van der Waals surface area contributed by atoms with E-state index in [1.165, 1.54) is 0 Å². The molecule has 5 heteroatoms. The van der Waals surface area contributed by atoms with Gasteiger partial charge in [-0.25, -0.2) is 9.97 Å². The molecule has 4 nitrogen and oxygen atoms in total. The number of nitrogens with zero attached hydrogens (tertiary/aromatic N) is 3. The van der Waals surface area contributed by atoms with Gasteiger partial charge in [-0.3, -0.25) is 0 Å². The molecule has 0 unspecified atom stereocenters. The molecule has 1 aliphatic heterocycles. The van der Waals surface area contributed by atoms with Gasteiger partial charge in [-0.15, -0.1) is 0 Å². The van der Waals surface area contributed by atoms with Crippen LogP contribution in [0.1, 0.15) is 13.8 Å². The van der Waals surface area contributed by atoms with Crippen LogP contribution in [0.25, 0.3) is 0 Å². The third kappa shape index (κ3) is 2.58. The summed E-state index contributed by atoms with van der Waals surface area (Å²) in [5, 5.41) is 3.91. The van der Waals surface area contributed by atoms with E-state index in [1.54, 1.807) is 12.4 Å². The molecular formula is C10H15ClN4. The quantitative estimate of drug-likeness (QED) is 0.784. The Balaban J connectivity index is 2.12. The zero-order valence-corrected chi connectivity index (χ0v) is 9.70. The Morgan fingerprint density at radius 1 is 1.27 bits per heavy atom. The van der Waals surface area contributed by atoms with Crippen LogP contribution in [0.5, 0.6) is 0 Å². The van der Waals surface area contributed by atoms with E-state index in [0.29, 0.717) is 17.2 Å². The number of halogens is 1. The highest BCUT2D eigenvalue weighted by molar-refractivity contribution is 6.29. The van der Waals surface area contributed by atoms with E-state index < -0.39 is 0 Å². The Hall–Kier alpha value is -0.870. The lowest BCUT2D eigenvalue weighted by molar-refractivity contribution is 0.405. The summed E-state index contributed by atoms with van der Waals surface area (Å²) in [5.41, 5.74) is 0. The van der Waals surface area contributed by atoms with Crippen molar-refractivity contribution in [1.82, 2.24) is 15.3 Å². The summed E-state index contributed by atoms with van der Waals surface area (Å²) in [6.45, 7) is 6.26. The average molecular weight is 227 g/mol. The molecule has 82 valence electrons. The van der Waals surface area contributed by atoms with Crippen molar-refractivity contribution in [2.24, 2.45) is 0 Å². The summed E-state index contributed by atoms with van der Waals surface area (Å²) < 4.78 is 0. The van der Waals surface area contributed by atoms with Gasteiger partial charge in [-0.1, -0.05) is 11.6 Å². The summed E-state index contributed by atoms with van der Waals surface area (Å²) in [7, 11) is 0. The van der Waals surface area contributed by atoms with Crippen LogP contribution in [0, 0.1) is 0 Å². The van der Waals surface area contributed by atoms with Crippen molar-refractivity contribution >= 4 is 17.4 Å². The van der Waals surface area contributed by atoms with Crippen molar-refractivity contribution in [3.8, 4) is 0 Å². The van der Waals surface area contributed by atoms with Gasteiger partial charge in [0.25, 0.3) is 0 Å². The number of aromatic nitrogens is 2. The van der Waals surface area contributed by atoms with Crippen molar-refractivity contribution in [3.63, 3.8) is 0 Å². The van der Waals surface area contributed by atoms with Crippen molar-refractivity contribution in [3.05, 3.63) is 17.5 Å². The van der Waals surface area contributed by atoms with Crippen LogP contribution in [0.4, 0.5) is 5.82 Å². The third-order valence-electron chi connectivity index (χ3n) is 2.49. The number of piperazine rings is 1. The number of hydrogen-bond donors (Lipinski definition) is 1. The zero-order valence-electron chi connectivity index (χ0n) is 8.94. The molecule has 0 aromatic carbocycles. The Morgan fingerprint density at radius 2 is 1.93 bits per heavy atom. The predicted molar refractivity (Wildman–Crippen MR) is 61.3 cm³/mol. The van der Waals surface area contributed by atoms with E-state index in [1.807, 2.05) is 0 Å². The van der Waals surface area contributed by atoms with Gasteiger partial charge in [0.05, 0.1) is 12.4 Å². The number of hydrogen-bond acceptors (Lipinski definition) is 4. The molecule has 1 fully saturated rings. The van der Waals surface area contributed by atoms with Gasteiger partial charge in [-0.2, -0.15) is 0 Å². The Bertz CT molecular complexity index is 317. The molecule has 2 heterocycles. The van der Waals surface area contributed by atoms with Crippen LogP contribution in [0.2, 0.25) is 5.15 Å². The summed E-state index contributed by atoms with van der Waals surface area (Å²) in [5.74, 6) is 0.902. The van der Waals surface area contributed by atoms with Crippen LogP contribution in [-0.2, 0) is 0 Å². The first-order valence-electron chi connectivity index (χ1n) is 5.13. The molecule has 1 N–H and O–H groups in total. The maximum atomic E-state index is 5.70.